The Labute approximate surface area is 105 Å². The molecule has 0 aliphatic heterocycles. The van der Waals surface area contributed by atoms with Crippen molar-refractivity contribution in [3.05, 3.63) is 24.3 Å². The van der Waals surface area contributed by atoms with Crippen LogP contribution in [0.25, 0.3) is 0 Å². The zero-order valence-corrected chi connectivity index (χ0v) is 11.5. The third-order valence-corrected chi connectivity index (χ3v) is 0.586. The molecule has 0 aromatic carbocycles. The van der Waals surface area contributed by atoms with Gasteiger partial charge in [0, 0.05) is 0 Å². The van der Waals surface area contributed by atoms with E-state index in [1.165, 1.54) is 18.2 Å². The fraction of sp³-hybridized carbons (Fsp3) is 0.111. The van der Waals surface area contributed by atoms with Crippen molar-refractivity contribution >= 4 is 36.7 Å². The Kier molecular flexibility index (Phi) is 222. The standard InChI is InChI=1S/C5H5.3CH2O.CHO.ClH.Re/c1-2-4-5-3-1;4*1-2;;/h1-3H,4H2;3*1H2;1H;1H;/q-1;;;;-1;;+1/p-1. The van der Waals surface area contributed by atoms with Crippen LogP contribution in [0, 0.1) is 6.08 Å². The second-order valence-electron chi connectivity index (χ2n) is 1.00. The van der Waals surface area contributed by atoms with Gasteiger partial charge in [-0.15, -0.1) is 6.42 Å². The Bertz CT molecular complexity index is 113. The van der Waals surface area contributed by atoms with E-state index in [2.05, 4.69) is 18.9 Å². The molecule has 6 heteroatoms. The van der Waals surface area contributed by atoms with Gasteiger partial charge in [-0.25, -0.2) is 12.2 Å². The van der Waals surface area contributed by atoms with Crippen molar-refractivity contribution in [3.63, 3.8) is 0 Å². The molecule has 0 unspecified atom stereocenters. The van der Waals surface area contributed by atoms with Gasteiger partial charge in [-0.3, -0.25) is 12.9 Å². The van der Waals surface area contributed by atoms with E-state index in [0.29, 0.717) is 0 Å². The van der Waals surface area contributed by atoms with Crippen molar-refractivity contribution in [3.8, 4) is 0 Å². The number of carbonyl (C=O) groups is 3. The Balaban J connectivity index is -0.0000000295. The second-order valence-corrected chi connectivity index (χ2v) is 1.00. The average Bonchev–Trinajstić information content (AvgIpc) is 3.00. The van der Waals surface area contributed by atoms with Gasteiger partial charge in [-0.05, 0) is 0 Å². The van der Waals surface area contributed by atoms with Gasteiger partial charge in [0.05, 0.1) is 0 Å². The van der Waals surface area contributed by atoms with Crippen molar-refractivity contribution in [1.82, 2.24) is 0 Å². The van der Waals surface area contributed by atoms with Crippen LogP contribution in [-0.2, 0) is 37.4 Å². The van der Waals surface area contributed by atoms with Crippen molar-refractivity contribution < 1.29 is 37.4 Å². The summed E-state index contributed by atoms with van der Waals surface area (Å²) in [6, 6.07) is 0. The summed E-state index contributed by atoms with van der Waals surface area (Å²) in [5.74, 6) is 0. The molecule has 0 aromatic heterocycles. The summed E-state index contributed by atoms with van der Waals surface area (Å²) in [7, 11) is 4.69. The third-order valence-electron chi connectivity index (χ3n) is 0.586. The van der Waals surface area contributed by atoms with E-state index in [4.69, 9.17) is 28.7 Å². The predicted molar refractivity (Wildman–Crippen MR) is 55.5 cm³/mol. The number of hydrogen-bond donors (Lipinski definition) is 0. The van der Waals surface area contributed by atoms with E-state index < -0.39 is 0 Å². The quantitative estimate of drug-likeness (QED) is 0.448. The Morgan fingerprint density at radius 1 is 1.07 bits per heavy atom. The average molecular weight is 406 g/mol. The van der Waals surface area contributed by atoms with Gasteiger partial charge in [0.1, 0.15) is 20.4 Å². The van der Waals surface area contributed by atoms with Crippen LogP contribution in [0.15, 0.2) is 18.2 Å². The topological polar surface area (TPSA) is 68.3 Å². The van der Waals surface area contributed by atoms with Crippen molar-refractivity contribution in [1.29, 1.82) is 0 Å². The molecule has 1 aliphatic carbocycles. The van der Waals surface area contributed by atoms with Crippen LogP contribution in [0.2, 0.25) is 0 Å². The van der Waals surface area contributed by atoms with Gasteiger partial charge in [0.2, 0.25) is 0 Å². The molecule has 0 saturated carbocycles. The molecular weight excluding hydrogens is 394 g/mol. The van der Waals surface area contributed by atoms with Gasteiger partial charge in [0.15, 0.2) is 0 Å². The molecule has 1 aliphatic rings. The maximum atomic E-state index is 8.00. The zero-order chi connectivity index (χ0) is 13.5. The van der Waals surface area contributed by atoms with E-state index in [9.17, 15) is 0 Å². The molecule has 0 N–H and O–H groups in total. The first-order valence-corrected chi connectivity index (χ1v) is 6.33. The van der Waals surface area contributed by atoms with E-state index in [0.717, 1.165) is 6.42 Å². The molecule has 1 rings (SSSR count). The van der Waals surface area contributed by atoms with Crippen LogP contribution < -0.4 is 0 Å². The molecule has 0 spiro atoms. The van der Waals surface area contributed by atoms with E-state index in [1.54, 1.807) is 0 Å². The summed E-state index contributed by atoms with van der Waals surface area (Å²) in [6.45, 7) is 9.25. The van der Waals surface area contributed by atoms with Crippen LogP contribution in [0.1, 0.15) is 6.42 Å². The van der Waals surface area contributed by atoms with Gasteiger partial charge < -0.3 is 19.2 Å². The second kappa shape index (κ2) is 114. The number of allylic oxidation sites excluding steroid dienone is 4. The molecular formula is C9H12ClO4Re-2. The van der Waals surface area contributed by atoms with E-state index >= 15 is 0 Å². The summed E-state index contributed by atoms with van der Waals surface area (Å²) >= 11 is 1.19. The first-order valence-electron chi connectivity index (χ1n) is 2.96. The first kappa shape index (κ1) is 29.2. The summed E-state index contributed by atoms with van der Waals surface area (Å²) < 4.78 is 0. The van der Waals surface area contributed by atoms with Crippen LogP contribution in [-0.4, -0.2) is 27.2 Å². The van der Waals surface area contributed by atoms with Gasteiger partial charge in [0.25, 0.3) is 0 Å². The van der Waals surface area contributed by atoms with E-state index in [1.807, 2.05) is 32.5 Å². The zero-order valence-electron chi connectivity index (χ0n) is 8.03. The molecule has 0 saturated heterocycles. The van der Waals surface area contributed by atoms with Crippen LogP contribution in [0.5, 0.6) is 0 Å². The van der Waals surface area contributed by atoms with Crippen molar-refractivity contribution in [2.24, 2.45) is 0 Å². The number of carbonyl (C=O) groups excluding carboxylic acids is 4. The fourth-order valence-electron chi connectivity index (χ4n) is 0.340. The Morgan fingerprint density at radius 3 is 1.47 bits per heavy atom. The molecule has 88 valence electrons. The van der Waals surface area contributed by atoms with Gasteiger partial charge in [-0.2, -0.15) is 6.08 Å². The molecule has 0 heterocycles. The Morgan fingerprint density at radius 2 is 1.40 bits per heavy atom. The van der Waals surface area contributed by atoms with Crippen LogP contribution in [0.3, 0.4) is 0 Å². The number of hydrogen-bond acceptors (Lipinski definition) is 4. The number of halogens is 1. The minimum absolute atomic E-state index is 1.01. The van der Waals surface area contributed by atoms with E-state index in [-0.39, 0.29) is 0 Å². The summed E-state index contributed by atoms with van der Waals surface area (Å²) in [5.41, 5.74) is 0. The normalized spacial score (nSPS) is 7.33. The first-order chi connectivity index (χ1) is 7.50. The molecule has 0 radical (unpaired) electrons. The van der Waals surface area contributed by atoms with Gasteiger partial charge in [-0.1, -0.05) is 0 Å². The molecule has 0 bridgehead atoms. The van der Waals surface area contributed by atoms with Crippen LogP contribution in [0.4, 0.5) is 0 Å². The monoisotopic (exact) mass is 406 g/mol. The molecule has 0 atom stereocenters. The summed E-state index contributed by atoms with van der Waals surface area (Å²) in [4.78, 5) is 31.8. The summed E-state index contributed by atoms with van der Waals surface area (Å²) in [5, 5.41) is 0. The molecule has 0 amide bonds. The predicted octanol–water partition coefficient (Wildman–Crippen LogP) is 1.16. The molecule has 0 fully saturated rings. The SMILES string of the molecule is C=O.C=O.C=O.[C-]1=CC=CC1.[CH-]=O.[Cl][Re]. The number of rotatable bonds is 0. The van der Waals surface area contributed by atoms with Crippen molar-refractivity contribution in [2.45, 2.75) is 6.42 Å². The van der Waals surface area contributed by atoms with Crippen LogP contribution >= 0.6 is 9.53 Å². The van der Waals surface area contributed by atoms with Crippen molar-refractivity contribution in [2.75, 3.05) is 0 Å². The summed E-state index contributed by atoms with van der Waals surface area (Å²) in [6.07, 6.45) is 10.0. The minimum atomic E-state index is 1.01. The molecule has 0 aromatic rings. The molecule has 15 heavy (non-hydrogen) atoms. The molecule has 4 nitrogen and oxygen atoms in total. The maximum absolute atomic E-state index is 8.00. The Hall–Kier alpha value is -0.888. The third kappa shape index (κ3) is 95.7. The fourth-order valence-corrected chi connectivity index (χ4v) is 0.340. The van der Waals surface area contributed by atoms with Gasteiger partial charge >= 0.3 is 27.7 Å².